The molecule has 3 N–H and O–H groups in total. The van der Waals surface area contributed by atoms with Gasteiger partial charge in [0, 0.05) is 12.0 Å². The Kier molecular flexibility index (Phi) is 6.93. The lowest BCUT2D eigenvalue weighted by atomic mass is 10.1. The average molecular weight is 455 g/mol. The van der Waals surface area contributed by atoms with Crippen molar-refractivity contribution in [3.63, 3.8) is 0 Å². The summed E-state index contributed by atoms with van der Waals surface area (Å²) in [5.74, 6) is -0.345. The van der Waals surface area contributed by atoms with E-state index in [2.05, 4.69) is 10.3 Å². The van der Waals surface area contributed by atoms with Crippen LogP contribution in [-0.2, 0) is 11.2 Å². The SMILES string of the molecule is NC(=O)[C@H](Cc1ccccc1)NC(=O)c1cccc(-c2ccc(Oc3ccc(F)cc3)cc2)n1. The Morgan fingerprint density at radius 2 is 1.50 bits per heavy atom. The van der Waals surface area contributed by atoms with Crippen LogP contribution >= 0.6 is 0 Å². The van der Waals surface area contributed by atoms with Crippen molar-refractivity contribution in [3.8, 4) is 22.8 Å². The quantitative estimate of drug-likeness (QED) is 0.409. The smallest absolute Gasteiger partial charge is 0.270 e. The predicted molar refractivity (Wildman–Crippen MR) is 127 cm³/mol. The van der Waals surface area contributed by atoms with E-state index in [1.54, 1.807) is 42.5 Å². The molecule has 0 saturated carbocycles. The number of nitrogens with zero attached hydrogens (tertiary/aromatic N) is 1. The number of benzene rings is 3. The Hall–Kier alpha value is -4.52. The highest BCUT2D eigenvalue weighted by atomic mass is 19.1. The van der Waals surface area contributed by atoms with Crippen LogP contribution in [0.4, 0.5) is 4.39 Å². The molecule has 7 heteroatoms. The van der Waals surface area contributed by atoms with Gasteiger partial charge in [-0.3, -0.25) is 9.59 Å². The van der Waals surface area contributed by atoms with Gasteiger partial charge < -0.3 is 15.8 Å². The van der Waals surface area contributed by atoms with Crippen molar-refractivity contribution < 1.29 is 18.7 Å². The molecule has 0 unspecified atom stereocenters. The Morgan fingerprint density at radius 3 is 2.15 bits per heavy atom. The lowest BCUT2D eigenvalue weighted by molar-refractivity contribution is -0.119. The molecule has 4 rings (SSSR count). The number of ether oxygens (including phenoxy) is 1. The van der Waals surface area contributed by atoms with E-state index in [0.717, 1.165) is 11.1 Å². The molecule has 170 valence electrons. The fourth-order valence-electron chi connectivity index (χ4n) is 3.36. The minimum Gasteiger partial charge on any atom is -0.457 e. The predicted octanol–water partition coefficient (Wildman–Crippen LogP) is 4.51. The molecule has 34 heavy (non-hydrogen) atoms. The Bertz CT molecular complexity index is 1280. The second kappa shape index (κ2) is 10.4. The van der Waals surface area contributed by atoms with E-state index in [0.29, 0.717) is 17.2 Å². The molecule has 0 aliphatic carbocycles. The first-order valence-electron chi connectivity index (χ1n) is 10.6. The van der Waals surface area contributed by atoms with Gasteiger partial charge in [0.05, 0.1) is 5.69 Å². The summed E-state index contributed by atoms with van der Waals surface area (Å²) >= 11 is 0. The third-order valence-electron chi connectivity index (χ3n) is 5.11. The number of halogens is 1. The zero-order valence-corrected chi connectivity index (χ0v) is 18.1. The van der Waals surface area contributed by atoms with Crippen molar-refractivity contribution in [3.05, 3.63) is 114 Å². The zero-order chi connectivity index (χ0) is 23.9. The number of aromatic nitrogens is 1. The van der Waals surface area contributed by atoms with Crippen LogP contribution in [0.3, 0.4) is 0 Å². The highest BCUT2D eigenvalue weighted by Crippen LogP contribution is 2.25. The van der Waals surface area contributed by atoms with E-state index in [1.807, 2.05) is 42.5 Å². The Morgan fingerprint density at radius 1 is 0.853 bits per heavy atom. The van der Waals surface area contributed by atoms with Gasteiger partial charge in [-0.2, -0.15) is 0 Å². The summed E-state index contributed by atoms with van der Waals surface area (Å²) in [5, 5.41) is 2.68. The molecule has 2 amide bonds. The molecule has 3 aromatic carbocycles. The molecule has 4 aromatic rings. The van der Waals surface area contributed by atoms with Crippen molar-refractivity contribution in [2.45, 2.75) is 12.5 Å². The number of nitrogens with two attached hydrogens (primary N) is 1. The number of primary amides is 1. The van der Waals surface area contributed by atoms with Gasteiger partial charge in [0.15, 0.2) is 0 Å². The molecule has 1 atom stereocenters. The maximum absolute atomic E-state index is 13.0. The van der Waals surface area contributed by atoms with Crippen LogP contribution in [0, 0.1) is 5.82 Å². The lowest BCUT2D eigenvalue weighted by Crippen LogP contribution is -2.46. The topological polar surface area (TPSA) is 94.3 Å². The first kappa shape index (κ1) is 22.7. The number of amides is 2. The van der Waals surface area contributed by atoms with Gasteiger partial charge in [0.2, 0.25) is 5.91 Å². The molecule has 0 fully saturated rings. The zero-order valence-electron chi connectivity index (χ0n) is 18.1. The van der Waals surface area contributed by atoms with Gasteiger partial charge in [0.25, 0.3) is 5.91 Å². The van der Waals surface area contributed by atoms with Gasteiger partial charge in [0.1, 0.15) is 29.1 Å². The van der Waals surface area contributed by atoms with Gasteiger partial charge in [-0.15, -0.1) is 0 Å². The van der Waals surface area contributed by atoms with Crippen molar-refractivity contribution in [1.29, 1.82) is 0 Å². The summed E-state index contributed by atoms with van der Waals surface area (Å²) in [6, 6.07) is 26.4. The minimum absolute atomic E-state index is 0.170. The standard InChI is InChI=1S/C27H22FN3O3/c28-20-11-15-22(16-12-20)34-21-13-9-19(10-14-21)23-7-4-8-24(30-23)27(33)31-25(26(29)32)17-18-5-2-1-3-6-18/h1-16,25H,17H2,(H2,29,32)(H,31,33)/t25-/m0/s1. The van der Waals surface area contributed by atoms with E-state index in [4.69, 9.17) is 10.5 Å². The summed E-state index contributed by atoms with van der Waals surface area (Å²) in [6.45, 7) is 0. The molecule has 1 aromatic heterocycles. The molecular formula is C27H22FN3O3. The second-order valence-electron chi connectivity index (χ2n) is 7.61. The maximum atomic E-state index is 13.0. The van der Waals surface area contributed by atoms with Crippen LogP contribution in [0.25, 0.3) is 11.3 Å². The van der Waals surface area contributed by atoms with Crippen LogP contribution in [-0.4, -0.2) is 22.8 Å². The lowest BCUT2D eigenvalue weighted by Gasteiger charge is -2.15. The van der Waals surface area contributed by atoms with Gasteiger partial charge in [-0.25, -0.2) is 9.37 Å². The summed E-state index contributed by atoms with van der Waals surface area (Å²) in [4.78, 5) is 29.1. The molecule has 0 aliphatic heterocycles. The number of pyridine rings is 1. The largest absolute Gasteiger partial charge is 0.457 e. The first-order valence-corrected chi connectivity index (χ1v) is 10.6. The number of carbonyl (C=O) groups is 2. The van der Waals surface area contributed by atoms with Gasteiger partial charge in [-0.05, 0) is 66.2 Å². The fourth-order valence-corrected chi connectivity index (χ4v) is 3.36. The van der Waals surface area contributed by atoms with E-state index >= 15 is 0 Å². The number of hydrogen-bond donors (Lipinski definition) is 2. The van der Waals surface area contributed by atoms with Crippen LogP contribution < -0.4 is 15.8 Å². The maximum Gasteiger partial charge on any atom is 0.270 e. The Balaban J connectivity index is 1.45. The number of nitrogens with one attached hydrogen (secondary N) is 1. The second-order valence-corrected chi connectivity index (χ2v) is 7.61. The molecule has 0 radical (unpaired) electrons. The molecule has 6 nitrogen and oxygen atoms in total. The van der Waals surface area contributed by atoms with E-state index < -0.39 is 17.9 Å². The monoisotopic (exact) mass is 455 g/mol. The third kappa shape index (κ3) is 5.83. The number of hydrogen-bond acceptors (Lipinski definition) is 4. The highest BCUT2D eigenvalue weighted by molar-refractivity contribution is 5.96. The molecule has 0 saturated heterocycles. The van der Waals surface area contributed by atoms with Crippen LogP contribution in [0.15, 0.2) is 97.1 Å². The third-order valence-corrected chi connectivity index (χ3v) is 5.11. The fraction of sp³-hybridized carbons (Fsp3) is 0.0741. The van der Waals surface area contributed by atoms with Crippen LogP contribution in [0.5, 0.6) is 11.5 Å². The number of carbonyl (C=O) groups excluding carboxylic acids is 2. The normalized spacial score (nSPS) is 11.4. The molecule has 0 spiro atoms. The number of rotatable bonds is 8. The van der Waals surface area contributed by atoms with E-state index in [1.165, 1.54) is 12.1 Å². The molecule has 0 aliphatic rings. The van der Waals surface area contributed by atoms with Crippen molar-refractivity contribution in [1.82, 2.24) is 10.3 Å². The van der Waals surface area contributed by atoms with Crippen molar-refractivity contribution in [2.24, 2.45) is 5.73 Å². The summed E-state index contributed by atoms with van der Waals surface area (Å²) in [6.07, 6.45) is 0.289. The van der Waals surface area contributed by atoms with Crippen molar-refractivity contribution >= 4 is 11.8 Å². The minimum atomic E-state index is -0.858. The van der Waals surface area contributed by atoms with Crippen LogP contribution in [0.1, 0.15) is 16.1 Å². The van der Waals surface area contributed by atoms with E-state index in [-0.39, 0.29) is 17.9 Å². The molecule has 0 bridgehead atoms. The molecule has 1 heterocycles. The Labute approximate surface area is 196 Å². The average Bonchev–Trinajstić information content (AvgIpc) is 2.86. The van der Waals surface area contributed by atoms with Crippen LogP contribution in [0.2, 0.25) is 0 Å². The molecular weight excluding hydrogens is 433 g/mol. The van der Waals surface area contributed by atoms with Crippen molar-refractivity contribution in [2.75, 3.05) is 0 Å². The van der Waals surface area contributed by atoms with Gasteiger partial charge in [-0.1, -0.05) is 36.4 Å². The van der Waals surface area contributed by atoms with E-state index in [9.17, 15) is 14.0 Å². The summed E-state index contributed by atoms with van der Waals surface area (Å²) in [7, 11) is 0. The summed E-state index contributed by atoms with van der Waals surface area (Å²) < 4.78 is 18.8. The summed E-state index contributed by atoms with van der Waals surface area (Å²) in [5.41, 5.74) is 7.92. The van der Waals surface area contributed by atoms with Gasteiger partial charge >= 0.3 is 0 Å². The first-order chi connectivity index (χ1) is 16.5. The highest BCUT2D eigenvalue weighted by Gasteiger charge is 2.20.